The van der Waals surface area contributed by atoms with Gasteiger partial charge >= 0.3 is 0 Å². The van der Waals surface area contributed by atoms with Gasteiger partial charge in [0.2, 0.25) is 0 Å². The van der Waals surface area contributed by atoms with E-state index in [1.165, 1.54) is 38.8 Å². The Balaban J connectivity index is 1.74. The minimum absolute atomic E-state index is 0.523. The standard InChI is InChI=1S/C15H23N3O/c1-19-11-5-6-12(16)14(10-11)17-13-7-9-18-8-3-2-4-15(13)18/h5-6,10,13,15,17H,2-4,7-9,16H2,1H3. The molecule has 0 saturated carbocycles. The summed E-state index contributed by atoms with van der Waals surface area (Å²) >= 11 is 0. The first-order valence-corrected chi connectivity index (χ1v) is 7.22. The highest BCUT2D eigenvalue weighted by molar-refractivity contribution is 5.68. The molecule has 4 nitrogen and oxygen atoms in total. The van der Waals surface area contributed by atoms with Crippen molar-refractivity contribution in [3.63, 3.8) is 0 Å². The lowest BCUT2D eigenvalue weighted by Crippen LogP contribution is -2.41. The SMILES string of the molecule is COc1ccc(N)c(NC2CCN3CCCCC23)c1. The molecule has 4 heteroatoms. The van der Waals surface area contributed by atoms with Crippen LogP contribution in [0.5, 0.6) is 5.75 Å². The third-order valence-electron chi connectivity index (χ3n) is 4.46. The summed E-state index contributed by atoms with van der Waals surface area (Å²) in [6.45, 7) is 2.47. The molecule has 0 radical (unpaired) electrons. The van der Waals surface area contributed by atoms with Crippen molar-refractivity contribution in [3.05, 3.63) is 18.2 Å². The summed E-state index contributed by atoms with van der Waals surface area (Å²) in [7, 11) is 1.69. The summed E-state index contributed by atoms with van der Waals surface area (Å²) < 4.78 is 5.27. The molecule has 2 unspecified atom stereocenters. The van der Waals surface area contributed by atoms with Gasteiger partial charge in [-0.25, -0.2) is 0 Å². The molecule has 2 saturated heterocycles. The zero-order valence-corrected chi connectivity index (χ0v) is 11.6. The molecule has 2 heterocycles. The lowest BCUT2D eigenvalue weighted by molar-refractivity contribution is 0.193. The Hall–Kier alpha value is -1.42. The lowest BCUT2D eigenvalue weighted by Gasteiger charge is -2.33. The van der Waals surface area contributed by atoms with Crippen LogP contribution in [-0.4, -0.2) is 37.2 Å². The number of hydrogen-bond acceptors (Lipinski definition) is 4. The Bertz CT molecular complexity index is 449. The Labute approximate surface area is 114 Å². The number of hydrogen-bond donors (Lipinski definition) is 2. The normalized spacial score (nSPS) is 27.0. The van der Waals surface area contributed by atoms with Gasteiger partial charge in [0.05, 0.1) is 18.5 Å². The molecule has 2 aliphatic heterocycles. The van der Waals surface area contributed by atoms with Crippen LogP contribution in [0.1, 0.15) is 25.7 Å². The van der Waals surface area contributed by atoms with E-state index in [4.69, 9.17) is 10.5 Å². The second kappa shape index (κ2) is 5.29. The van der Waals surface area contributed by atoms with Crippen molar-refractivity contribution in [2.75, 3.05) is 31.2 Å². The molecule has 3 rings (SSSR count). The fourth-order valence-corrected chi connectivity index (χ4v) is 3.40. The smallest absolute Gasteiger partial charge is 0.121 e. The molecule has 1 aromatic rings. The van der Waals surface area contributed by atoms with Crippen molar-refractivity contribution < 1.29 is 4.74 Å². The molecule has 0 amide bonds. The number of rotatable bonds is 3. The van der Waals surface area contributed by atoms with Crippen LogP contribution in [0.25, 0.3) is 0 Å². The number of nitrogens with zero attached hydrogens (tertiary/aromatic N) is 1. The van der Waals surface area contributed by atoms with E-state index in [0.29, 0.717) is 12.1 Å². The van der Waals surface area contributed by atoms with Crippen LogP contribution in [0.4, 0.5) is 11.4 Å². The van der Waals surface area contributed by atoms with Gasteiger partial charge < -0.3 is 15.8 Å². The van der Waals surface area contributed by atoms with Gasteiger partial charge in [-0.15, -0.1) is 0 Å². The zero-order valence-electron chi connectivity index (χ0n) is 11.6. The second-order valence-corrected chi connectivity index (χ2v) is 5.59. The molecule has 3 N–H and O–H groups in total. The van der Waals surface area contributed by atoms with Crippen LogP contribution in [0.2, 0.25) is 0 Å². The minimum Gasteiger partial charge on any atom is -0.497 e. The van der Waals surface area contributed by atoms with Crippen molar-refractivity contribution in [1.29, 1.82) is 0 Å². The van der Waals surface area contributed by atoms with Gasteiger partial charge in [-0.3, -0.25) is 4.90 Å². The van der Waals surface area contributed by atoms with E-state index in [0.717, 1.165) is 17.1 Å². The monoisotopic (exact) mass is 261 g/mol. The number of nitrogen functional groups attached to an aromatic ring is 1. The maximum absolute atomic E-state index is 6.06. The highest BCUT2D eigenvalue weighted by atomic mass is 16.5. The van der Waals surface area contributed by atoms with E-state index < -0.39 is 0 Å². The number of benzene rings is 1. The molecule has 2 atom stereocenters. The molecule has 0 aromatic heterocycles. The fraction of sp³-hybridized carbons (Fsp3) is 0.600. The number of nitrogens with one attached hydrogen (secondary N) is 1. The van der Waals surface area contributed by atoms with E-state index in [2.05, 4.69) is 10.2 Å². The van der Waals surface area contributed by atoms with Gasteiger partial charge in [-0.05, 0) is 37.9 Å². The third-order valence-corrected chi connectivity index (χ3v) is 4.46. The molecule has 104 valence electrons. The van der Waals surface area contributed by atoms with Gasteiger partial charge in [0.25, 0.3) is 0 Å². The predicted octanol–water partition coefficient (Wildman–Crippen LogP) is 2.32. The Morgan fingerprint density at radius 1 is 1.26 bits per heavy atom. The maximum Gasteiger partial charge on any atom is 0.121 e. The first-order valence-electron chi connectivity index (χ1n) is 7.22. The number of nitrogens with two attached hydrogens (primary N) is 1. The summed E-state index contributed by atoms with van der Waals surface area (Å²) in [4.78, 5) is 2.62. The fourth-order valence-electron chi connectivity index (χ4n) is 3.40. The molecular formula is C15H23N3O. The van der Waals surface area contributed by atoms with Crippen molar-refractivity contribution in [1.82, 2.24) is 4.90 Å². The van der Waals surface area contributed by atoms with Crippen molar-refractivity contribution in [2.24, 2.45) is 0 Å². The Morgan fingerprint density at radius 2 is 2.16 bits per heavy atom. The first kappa shape index (κ1) is 12.6. The summed E-state index contributed by atoms with van der Waals surface area (Å²) in [6, 6.07) is 7.02. The number of piperidine rings is 1. The average Bonchev–Trinajstić information content (AvgIpc) is 2.85. The van der Waals surface area contributed by atoms with E-state index in [9.17, 15) is 0 Å². The Kier molecular flexibility index (Phi) is 3.51. The van der Waals surface area contributed by atoms with E-state index in [-0.39, 0.29) is 0 Å². The van der Waals surface area contributed by atoms with Crippen LogP contribution in [-0.2, 0) is 0 Å². The second-order valence-electron chi connectivity index (χ2n) is 5.59. The minimum atomic E-state index is 0.523. The first-order chi connectivity index (χ1) is 9.28. The number of fused-ring (bicyclic) bond motifs is 1. The van der Waals surface area contributed by atoms with Gasteiger partial charge in [-0.2, -0.15) is 0 Å². The molecule has 0 aliphatic carbocycles. The van der Waals surface area contributed by atoms with Crippen molar-refractivity contribution >= 4 is 11.4 Å². The van der Waals surface area contributed by atoms with Crippen LogP contribution < -0.4 is 15.8 Å². The summed E-state index contributed by atoms with van der Waals surface area (Å²) in [5.74, 6) is 0.857. The molecular weight excluding hydrogens is 238 g/mol. The lowest BCUT2D eigenvalue weighted by atomic mass is 9.99. The molecule has 0 bridgehead atoms. The number of methoxy groups -OCH3 is 1. The highest BCUT2D eigenvalue weighted by Crippen LogP contribution is 2.32. The van der Waals surface area contributed by atoms with Crippen LogP contribution in [0, 0.1) is 0 Å². The molecule has 1 aromatic carbocycles. The average molecular weight is 261 g/mol. The predicted molar refractivity (Wildman–Crippen MR) is 78.6 cm³/mol. The Morgan fingerprint density at radius 3 is 3.00 bits per heavy atom. The van der Waals surface area contributed by atoms with E-state index >= 15 is 0 Å². The van der Waals surface area contributed by atoms with Gasteiger partial charge in [0.1, 0.15) is 5.75 Å². The van der Waals surface area contributed by atoms with Crippen molar-refractivity contribution in [2.45, 2.75) is 37.8 Å². The molecule has 19 heavy (non-hydrogen) atoms. The largest absolute Gasteiger partial charge is 0.497 e. The van der Waals surface area contributed by atoms with E-state index in [1.807, 2.05) is 18.2 Å². The summed E-state index contributed by atoms with van der Waals surface area (Å²) in [5, 5.41) is 3.64. The number of anilines is 2. The van der Waals surface area contributed by atoms with Gasteiger partial charge in [-0.1, -0.05) is 6.42 Å². The van der Waals surface area contributed by atoms with Crippen LogP contribution in [0.3, 0.4) is 0 Å². The summed E-state index contributed by atoms with van der Waals surface area (Å²) in [5.41, 5.74) is 7.87. The van der Waals surface area contributed by atoms with Crippen LogP contribution in [0.15, 0.2) is 18.2 Å². The molecule has 2 aliphatic rings. The quantitative estimate of drug-likeness (QED) is 0.820. The third kappa shape index (κ3) is 2.50. The van der Waals surface area contributed by atoms with Crippen molar-refractivity contribution in [3.8, 4) is 5.75 Å². The van der Waals surface area contributed by atoms with Gasteiger partial charge in [0, 0.05) is 24.7 Å². The maximum atomic E-state index is 6.06. The molecule has 2 fully saturated rings. The highest BCUT2D eigenvalue weighted by Gasteiger charge is 2.35. The zero-order chi connectivity index (χ0) is 13.2. The van der Waals surface area contributed by atoms with E-state index in [1.54, 1.807) is 7.11 Å². The number of ether oxygens (including phenoxy) is 1. The summed E-state index contributed by atoms with van der Waals surface area (Å²) in [6.07, 6.45) is 5.22. The van der Waals surface area contributed by atoms with Crippen LogP contribution >= 0.6 is 0 Å². The molecule has 0 spiro atoms. The topological polar surface area (TPSA) is 50.5 Å². The van der Waals surface area contributed by atoms with Gasteiger partial charge in [0.15, 0.2) is 0 Å².